The first-order valence-electron chi connectivity index (χ1n) is 13.7. The number of aliphatic hydroxyl groups is 4. The average Bonchev–Trinajstić information content (AvgIpc) is 2.84. The van der Waals surface area contributed by atoms with Crippen molar-refractivity contribution in [2.75, 3.05) is 25.6 Å². The van der Waals surface area contributed by atoms with E-state index in [-0.39, 0.29) is 16.9 Å². The quantitative estimate of drug-likeness (QED) is 0.270. The number of carbonyl (C=O) groups is 3. The van der Waals surface area contributed by atoms with Crippen LogP contribution in [0.25, 0.3) is 5.76 Å². The van der Waals surface area contributed by atoms with Crippen LogP contribution in [0.3, 0.4) is 0 Å². The molecule has 1 fully saturated rings. The Labute approximate surface area is 243 Å². The standard InChI is InChI=1S/C30H40N2O8S/c1-12(2)10-41-11-14-13-8-9-15(29(3,4)5)22(33)17(13)23(34)18-16(14)24(35)20-21(32(6)7)25(36)19(28(31)39)27(38)30(20,40)26(18)37/h8-9,12,14,16,20-21,24,33-35,38,40H,10-11H2,1-7H3,(H2,31,39)/t14-,16+,20+,21-,24-,30-/m0/s1. The Kier molecular flexibility index (Phi) is 7.92. The fourth-order valence-corrected chi connectivity index (χ4v) is 7.92. The minimum atomic E-state index is -2.93. The number of aliphatic hydroxyl groups excluding tert-OH is 3. The molecule has 10 nitrogen and oxygen atoms in total. The number of ketones is 2. The molecular weight excluding hydrogens is 548 g/mol. The van der Waals surface area contributed by atoms with Crippen molar-refractivity contribution in [2.45, 2.75) is 63.7 Å². The van der Waals surface area contributed by atoms with Crippen molar-refractivity contribution in [3.63, 3.8) is 0 Å². The van der Waals surface area contributed by atoms with Gasteiger partial charge in [0, 0.05) is 28.7 Å². The second kappa shape index (κ2) is 10.4. The monoisotopic (exact) mass is 588 g/mol. The first-order valence-corrected chi connectivity index (χ1v) is 14.8. The Morgan fingerprint density at radius 3 is 2.27 bits per heavy atom. The lowest BCUT2D eigenvalue weighted by Crippen LogP contribution is -2.70. The predicted octanol–water partition coefficient (Wildman–Crippen LogP) is 2.16. The van der Waals surface area contributed by atoms with E-state index in [0.717, 1.165) is 5.75 Å². The molecule has 1 saturated carbocycles. The van der Waals surface area contributed by atoms with Gasteiger partial charge in [-0.05, 0) is 36.7 Å². The second-order valence-electron chi connectivity index (χ2n) is 13.0. The van der Waals surface area contributed by atoms with Crippen molar-refractivity contribution in [3.05, 3.63) is 45.7 Å². The number of carbonyl (C=O) groups excluding carboxylic acids is 3. The van der Waals surface area contributed by atoms with Crippen LogP contribution in [0.2, 0.25) is 0 Å². The number of thioether (sulfide) groups is 1. The van der Waals surface area contributed by atoms with Crippen LogP contribution in [0.1, 0.15) is 57.2 Å². The third kappa shape index (κ3) is 4.57. The maximum absolute atomic E-state index is 14.3. The van der Waals surface area contributed by atoms with E-state index >= 15 is 0 Å². The molecule has 0 saturated heterocycles. The van der Waals surface area contributed by atoms with Crippen LogP contribution in [0.15, 0.2) is 29.0 Å². The summed E-state index contributed by atoms with van der Waals surface area (Å²) in [5.74, 6) is -7.28. The van der Waals surface area contributed by atoms with Gasteiger partial charge in [-0.2, -0.15) is 11.8 Å². The number of amides is 1. The SMILES string of the molecule is CC(C)CSC[C@H]1c2ccc(C(C)(C)C)c(O)c2C(O)=C2C(=O)[C@]3(O)C(O)=C(C(N)=O)C(=O)[C@@H](N(C)C)[C@@H]3[C@@H](O)[C@@H]21. The Morgan fingerprint density at radius 1 is 1.15 bits per heavy atom. The van der Waals surface area contributed by atoms with E-state index in [4.69, 9.17) is 5.73 Å². The molecule has 0 unspecified atom stereocenters. The zero-order chi connectivity index (χ0) is 30.9. The van der Waals surface area contributed by atoms with E-state index in [2.05, 4.69) is 13.8 Å². The van der Waals surface area contributed by atoms with E-state index in [1.807, 2.05) is 20.8 Å². The number of fused-ring (bicyclic) bond motifs is 3. The van der Waals surface area contributed by atoms with Crippen LogP contribution in [0, 0.1) is 17.8 Å². The zero-order valence-corrected chi connectivity index (χ0v) is 25.2. The summed E-state index contributed by atoms with van der Waals surface area (Å²) in [7, 11) is 2.98. The molecule has 7 N–H and O–H groups in total. The number of nitrogens with zero attached hydrogens (tertiary/aromatic N) is 1. The van der Waals surface area contributed by atoms with Crippen LogP contribution in [-0.2, 0) is 19.8 Å². The number of phenols is 1. The van der Waals surface area contributed by atoms with E-state index in [1.54, 1.807) is 23.9 Å². The molecule has 0 aliphatic heterocycles. The molecule has 224 valence electrons. The minimum absolute atomic E-state index is 0.0241. The Morgan fingerprint density at radius 2 is 1.76 bits per heavy atom. The number of benzene rings is 1. The van der Waals surface area contributed by atoms with E-state index in [1.165, 1.54) is 19.0 Å². The van der Waals surface area contributed by atoms with Gasteiger partial charge in [0.25, 0.3) is 5.91 Å². The molecule has 0 aromatic heterocycles. The van der Waals surface area contributed by atoms with Gasteiger partial charge in [0.1, 0.15) is 22.8 Å². The molecule has 11 heteroatoms. The summed E-state index contributed by atoms with van der Waals surface area (Å²) in [4.78, 5) is 41.3. The van der Waals surface area contributed by atoms with Crippen molar-refractivity contribution in [3.8, 4) is 5.75 Å². The number of hydrogen-bond acceptors (Lipinski definition) is 10. The summed E-state index contributed by atoms with van der Waals surface area (Å²) in [5, 5.41) is 58.1. The van der Waals surface area contributed by atoms with Gasteiger partial charge in [-0.25, -0.2) is 0 Å². The molecule has 0 bridgehead atoms. The van der Waals surface area contributed by atoms with Gasteiger partial charge >= 0.3 is 0 Å². The highest BCUT2D eigenvalue weighted by Gasteiger charge is 2.68. The van der Waals surface area contributed by atoms with Gasteiger partial charge in [-0.1, -0.05) is 46.8 Å². The molecule has 3 aliphatic carbocycles. The average molecular weight is 589 g/mol. The lowest BCUT2D eigenvalue weighted by atomic mass is 9.54. The predicted molar refractivity (Wildman–Crippen MR) is 156 cm³/mol. The Hall–Kier alpha value is -2.86. The highest BCUT2D eigenvalue weighted by molar-refractivity contribution is 7.99. The van der Waals surface area contributed by atoms with E-state index < -0.39 is 75.5 Å². The number of Topliss-reactive ketones (excluding diaryl/α,β-unsaturated/α-hetero) is 2. The zero-order valence-electron chi connectivity index (χ0n) is 24.4. The van der Waals surface area contributed by atoms with Gasteiger partial charge in [0.15, 0.2) is 11.4 Å². The maximum Gasteiger partial charge on any atom is 0.255 e. The number of rotatable bonds is 6. The molecule has 3 aliphatic rings. The third-order valence-corrected chi connectivity index (χ3v) is 9.99. The van der Waals surface area contributed by atoms with Crippen molar-refractivity contribution in [1.82, 2.24) is 4.90 Å². The van der Waals surface area contributed by atoms with Crippen molar-refractivity contribution in [2.24, 2.45) is 23.5 Å². The number of nitrogens with two attached hydrogens (primary N) is 1. The fourth-order valence-electron chi connectivity index (χ4n) is 6.67. The molecule has 6 atom stereocenters. The molecule has 1 aromatic carbocycles. The summed E-state index contributed by atoms with van der Waals surface area (Å²) in [6.45, 7) is 9.77. The largest absolute Gasteiger partial charge is 0.508 e. The van der Waals surface area contributed by atoms with Gasteiger partial charge < -0.3 is 31.3 Å². The first kappa shape index (κ1) is 31.1. The highest BCUT2D eigenvalue weighted by atomic mass is 32.2. The van der Waals surface area contributed by atoms with E-state index in [0.29, 0.717) is 22.8 Å². The molecule has 41 heavy (non-hydrogen) atoms. The molecule has 0 radical (unpaired) electrons. The van der Waals surface area contributed by atoms with Crippen molar-refractivity contribution < 1.29 is 39.9 Å². The van der Waals surface area contributed by atoms with Gasteiger partial charge in [-0.15, -0.1) is 0 Å². The topological polar surface area (TPSA) is 182 Å². The number of phenolic OH excluding ortho intramolecular Hbond substituents is 1. The number of aromatic hydroxyl groups is 1. The molecular formula is C30H40N2O8S. The van der Waals surface area contributed by atoms with Crippen LogP contribution < -0.4 is 5.73 Å². The summed E-state index contributed by atoms with van der Waals surface area (Å²) in [5.41, 5.74) is 1.70. The first-order chi connectivity index (χ1) is 18.9. The number of hydrogen-bond donors (Lipinski definition) is 6. The maximum atomic E-state index is 14.3. The van der Waals surface area contributed by atoms with Crippen LogP contribution in [-0.4, -0.2) is 91.3 Å². The van der Waals surface area contributed by atoms with Crippen molar-refractivity contribution >= 4 is 35.0 Å². The van der Waals surface area contributed by atoms with Crippen molar-refractivity contribution in [1.29, 1.82) is 0 Å². The number of likely N-dealkylation sites (N-methyl/N-ethyl adjacent to an activating group) is 1. The van der Waals surface area contributed by atoms with Crippen LogP contribution >= 0.6 is 11.8 Å². The normalized spacial score (nSPS) is 30.1. The molecule has 1 amide bonds. The Balaban J connectivity index is 2.05. The Bertz CT molecular complexity index is 1370. The molecule has 1 aromatic rings. The molecule has 4 rings (SSSR count). The van der Waals surface area contributed by atoms with Crippen LogP contribution in [0.5, 0.6) is 5.75 Å². The second-order valence-corrected chi connectivity index (χ2v) is 14.0. The summed E-state index contributed by atoms with van der Waals surface area (Å²) in [6.07, 6.45) is -1.62. The van der Waals surface area contributed by atoms with Crippen LogP contribution in [0.4, 0.5) is 0 Å². The highest BCUT2D eigenvalue weighted by Crippen LogP contribution is 2.57. The molecule has 0 spiro atoms. The molecule has 0 heterocycles. The lowest BCUT2D eigenvalue weighted by molar-refractivity contribution is -0.169. The summed E-state index contributed by atoms with van der Waals surface area (Å²) in [6, 6.07) is 2.16. The lowest BCUT2D eigenvalue weighted by Gasteiger charge is -2.54. The summed E-state index contributed by atoms with van der Waals surface area (Å²) < 4.78 is 0. The smallest absolute Gasteiger partial charge is 0.255 e. The van der Waals surface area contributed by atoms with Gasteiger partial charge in [0.05, 0.1) is 23.6 Å². The fraction of sp³-hybridized carbons (Fsp3) is 0.567. The van der Waals surface area contributed by atoms with E-state index in [9.17, 15) is 39.9 Å². The minimum Gasteiger partial charge on any atom is -0.508 e. The third-order valence-electron chi connectivity index (χ3n) is 8.49. The summed E-state index contributed by atoms with van der Waals surface area (Å²) >= 11 is 1.58. The van der Waals surface area contributed by atoms with Gasteiger partial charge in [0.2, 0.25) is 5.78 Å². The number of primary amides is 1. The van der Waals surface area contributed by atoms with Gasteiger partial charge in [-0.3, -0.25) is 19.3 Å².